The van der Waals surface area contributed by atoms with Crippen LogP contribution in [0.1, 0.15) is 5.56 Å². The summed E-state index contributed by atoms with van der Waals surface area (Å²) in [5, 5.41) is 3.37. The summed E-state index contributed by atoms with van der Waals surface area (Å²) in [5.41, 5.74) is 2.16. The standard InChI is InChI=1S/C16H11BrN2OS/c17-12-6-4-5-11(9-12)10-14-15(20)19(16(21)18-14)13-7-2-1-3-8-13/h1-10H,(H,18,21). The Labute approximate surface area is 136 Å². The summed E-state index contributed by atoms with van der Waals surface area (Å²) in [7, 11) is 0. The number of anilines is 1. The average Bonchev–Trinajstić information content (AvgIpc) is 2.74. The number of carbonyl (C=O) groups excluding carboxylic acids is 1. The molecule has 1 amide bonds. The molecule has 0 unspecified atom stereocenters. The van der Waals surface area contributed by atoms with E-state index in [-0.39, 0.29) is 5.91 Å². The smallest absolute Gasteiger partial charge is 0.281 e. The molecule has 0 bridgehead atoms. The lowest BCUT2D eigenvalue weighted by Gasteiger charge is -2.13. The third-order valence-electron chi connectivity index (χ3n) is 3.05. The first-order valence-corrected chi connectivity index (χ1v) is 7.53. The Balaban J connectivity index is 1.94. The van der Waals surface area contributed by atoms with Gasteiger partial charge in [0.05, 0.1) is 5.69 Å². The fourth-order valence-electron chi connectivity index (χ4n) is 2.11. The van der Waals surface area contributed by atoms with Crippen molar-refractivity contribution < 1.29 is 4.79 Å². The van der Waals surface area contributed by atoms with Gasteiger partial charge in [0, 0.05) is 4.47 Å². The molecule has 21 heavy (non-hydrogen) atoms. The first kappa shape index (κ1) is 14.0. The fraction of sp³-hybridized carbons (Fsp3) is 0. The van der Waals surface area contributed by atoms with E-state index in [0.717, 1.165) is 15.7 Å². The number of nitrogens with zero attached hydrogens (tertiary/aromatic N) is 1. The van der Waals surface area contributed by atoms with Crippen LogP contribution in [-0.4, -0.2) is 11.0 Å². The van der Waals surface area contributed by atoms with E-state index in [9.17, 15) is 4.79 Å². The van der Waals surface area contributed by atoms with Crippen LogP contribution in [0.5, 0.6) is 0 Å². The SMILES string of the molecule is O=C1C(=Cc2cccc(Br)c2)NC(=S)N1c1ccccc1. The zero-order valence-corrected chi connectivity index (χ0v) is 13.3. The predicted molar refractivity (Wildman–Crippen MR) is 91.8 cm³/mol. The van der Waals surface area contributed by atoms with Crippen LogP contribution in [0.15, 0.2) is 64.8 Å². The molecule has 1 saturated heterocycles. The highest BCUT2D eigenvalue weighted by Gasteiger charge is 2.31. The van der Waals surface area contributed by atoms with Crippen molar-refractivity contribution in [3.8, 4) is 0 Å². The molecule has 1 heterocycles. The van der Waals surface area contributed by atoms with Gasteiger partial charge < -0.3 is 5.32 Å². The number of para-hydroxylation sites is 1. The van der Waals surface area contributed by atoms with Gasteiger partial charge in [-0.15, -0.1) is 0 Å². The van der Waals surface area contributed by atoms with Gasteiger partial charge in [0.2, 0.25) is 0 Å². The van der Waals surface area contributed by atoms with Crippen LogP contribution >= 0.6 is 28.1 Å². The number of carbonyl (C=O) groups is 1. The average molecular weight is 359 g/mol. The molecule has 0 atom stereocenters. The van der Waals surface area contributed by atoms with Crippen LogP contribution in [-0.2, 0) is 4.79 Å². The third-order valence-corrected chi connectivity index (χ3v) is 3.83. The summed E-state index contributed by atoms with van der Waals surface area (Å²) in [6.07, 6.45) is 1.79. The van der Waals surface area contributed by atoms with Gasteiger partial charge in [-0.1, -0.05) is 46.3 Å². The molecular formula is C16H11BrN2OS. The van der Waals surface area contributed by atoms with Crippen molar-refractivity contribution in [1.29, 1.82) is 0 Å². The largest absolute Gasteiger partial charge is 0.327 e. The Kier molecular flexibility index (Phi) is 3.86. The minimum atomic E-state index is -0.147. The number of rotatable bonds is 2. The third kappa shape index (κ3) is 2.89. The molecule has 0 aromatic heterocycles. The topological polar surface area (TPSA) is 32.3 Å². The number of hydrogen-bond acceptors (Lipinski definition) is 2. The Morgan fingerprint density at radius 1 is 1.10 bits per heavy atom. The van der Waals surface area contributed by atoms with E-state index >= 15 is 0 Å². The molecule has 0 radical (unpaired) electrons. The van der Waals surface area contributed by atoms with E-state index in [2.05, 4.69) is 21.2 Å². The van der Waals surface area contributed by atoms with Gasteiger partial charge in [0.15, 0.2) is 5.11 Å². The summed E-state index contributed by atoms with van der Waals surface area (Å²) in [5.74, 6) is -0.147. The Morgan fingerprint density at radius 2 is 1.86 bits per heavy atom. The maximum Gasteiger partial charge on any atom is 0.281 e. The lowest BCUT2D eigenvalue weighted by Crippen LogP contribution is -2.30. The summed E-state index contributed by atoms with van der Waals surface area (Å²) in [6.45, 7) is 0. The van der Waals surface area contributed by atoms with E-state index in [1.807, 2.05) is 54.6 Å². The van der Waals surface area contributed by atoms with Crippen molar-refractivity contribution in [2.45, 2.75) is 0 Å². The van der Waals surface area contributed by atoms with Gasteiger partial charge in [-0.3, -0.25) is 9.69 Å². The second-order valence-electron chi connectivity index (χ2n) is 4.52. The van der Waals surface area contributed by atoms with Gasteiger partial charge >= 0.3 is 0 Å². The summed E-state index contributed by atoms with van der Waals surface area (Å²) in [4.78, 5) is 14.0. The maximum absolute atomic E-state index is 12.5. The Hall–Kier alpha value is -1.98. The Bertz CT molecular complexity index is 743. The van der Waals surface area contributed by atoms with Crippen molar-refractivity contribution in [3.63, 3.8) is 0 Å². The number of hydrogen-bond donors (Lipinski definition) is 1. The van der Waals surface area contributed by atoms with Gasteiger partial charge in [-0.05, 0) is 48.1 Å². The van der Waals surface area contributed by atoms with Crippen molar-refractivity contribution in [2.24, 2.45) is 0 Å². The van der Waals surface area contributed by atoms with Gasteiger partial charge in [0.1, 0.15) is 5.70 Å². The van der Waals surface area contributed by atoms with Crippen LogP contribution in [0.25, 0.3) is 6.08 Å². The molecule has 3 rings (SSSR count). The van der Waals surface area contributed by atoms with Crippen molar-refractivity contribution >= 4 is 50.9 Å². The monoisotopic (exact) mass is 358 g/mol. The van der Waals surface area contributed by atoms with Gasteiger partial charge in [-0.2, -0.15) is 0 Å². The van der Waals surface area contributed by atoms with Gasteiger partial charge in [-0.25, -0.2) is 0 Å². The minimum Gasteiger partial charge on any atom is -0.327 e. The van der Waals surface area contributed by atoms with Crippen LogP contribution in [0.2, 0.25) is 0 Å². The van der Waals surface area contributed by atoms with Gasteiger partial charge in [0.25, 0.3) is 5.91 Å². The normalized spacial score (nSPS) is 16.4. The molecule has 2 aromatic rings. The highest BCUT2D eigenvalue weighted by atomic mass is 79.9. The highest BCUT2D eigenvalue weighted by molar-refractivity contribution is 9.10. The van der Waals surface area contributed by atoms with Crippen LogP contribution < -0.4 is 10.2 Å². The molecule has 1 aliphatic heterocycles. The molecule has 1 N–H and O–H groups in total. The molecule has 0 aliphatic carbocycles. The van der Waals surface area contributed by atoms with Crippen molar-refractivity contribution in [2.75, 3.05) is 4.90 Å². The number of nitrogens with one attached hydrogen (secondary N) is 1. The van der Waals surface area contributed by atoms with E-state index in [4.69, 9.17) is 12.2 Å². The molecule has 1 fully saturated rings. The summed E-state index contributed by atoms with van der Waals surface area (Å²) in [6, 6.07) is 17.1. The second kappa shape index (κ2) is 5.79. The fourth-order valence-corrected chi connectivity index (χ4v) is 2.82. The number of thiocarbonyl (C=S) groups is 1. The zero-order chi connectivity index (χ0) is 14.8. The minimum absolute atomic E-state index is 0.147. The van der Waals surface area contributed by atoms with E-state index in [1.165, 1.54) is 4.90 Å². The highest BCUT2D eigenvalue weighted by Crippen LogP contribution is 2.22. The molecule has 3 nitrogen and oxygen atoms in total. The van der Waals surface area contributed by atoms with E-state index in [0.29, 0.717) is 10.8 Å². The number of amides is 1. The quantitative estimate of drug-likeness (QED) is 0.655. The predicted octanol–water partition coefficient (Wildman–Crippen LogP) is 3.71. The second-order valence-corrected chi connectivity index (χ2v) is 5.82. The number of benzene rings is 2. The molecule has 5 heteroatoms. The summed E-state index contributed by atoms with van der Waals surface area (Å²) >= 11 is 8.68. The van der Waals surface area contributed by atoms with E-state index in [1.54, 1.807) is 6.08 Å². The first-order valence-electron chi connectivity index (χ1n) is 6.33. The Morgan fingerprint density at radius 3 is 2.57 bits per heavy atom. The lowest BCUT2D eigenvalue weighted by atomic mass is 10.2. The molecule has 1 aliphatic rings. The molecule has 104 valence electrons. The van der Waals surface area contributed by atoms with Crippen LogP contribution in [0.3, 0.4) is 0 Å². The lowest BCUT2D eigenvalue weighted by molar-refractivity contribution is -0.113. The first-order chi connectivity index (χ1) is 10.1. The van der Waals surface area contributed by atoms with Crippen molar-refractivity contribution in [3.05, 3.63) is 70.3 Å². The maximum atomic E-state index is 12.5. The molecular weight excluding hydrogens is 348 g/mol. The van der Waals surface area contributed by atoms with Crippen molar-refractivity contribution in [1.82, 2.24) is 5.32 Å². The van der Waals surface area contributed by atoms with Crippen LogP contribution in [0.4, 0.5) is 5.69 Å². The zero-order valence-electron chi connectivity index (χ0n) is 10.9. The number of halogens is 1. The van der Waals surface area contributed by atoms with E-state index < -0.39 is 0 Å². The molecule has 0 saturated carbocycles. The summed E-state index contributed by atoms with van der Waals surface area (Å²) < 4.78 is 0.963. The molecule has 0 spiro atoms. The molecule has 2 aromatic carbocycles. The van der Waals surface area contributed by atoms with Crippen LogP contribution in [0, 0.1) is 0 Å².